The standard InChI is InChI=1S/C19H29N/c1-4-5-9-17(3)15-20-13-12-16(2)14-19(20)18-10-7-6-8-11-18/h4-7,10,16,19H,3,8-9,11-15H2,1-2H3/b5-4-. The maximum absolute atomic E-state index is 4.26. The van der Waals surface area contributed by atoms with Crippen molar-refractivity contribution in [3.05, 3.63) is 48.1 Å². The molecule has 0 aromatic heterocycles. The molecule has 1 nitrogen and oxygen atoms in total. The monoisotopic (exact) mass is 271 g/mol. The summed E-state index contributed by atoms with van der Waals surface area (Å²) < 4.78 is 0. The molecule has 0 aromatic rings. The van der Waals surface area contributed by atoms with Gasteiger partial charge >= 0.3 is 0 Å². The zero-order valence-corrected chi connectivity index (χ0v) is 13.1. The lowest BCUT2D eigenvalue weighted by molar-refractivity contribution is 0.148. The van der Waals surface area contributed by atoms with E-state index in [9.17, 15) is 0 Å². The second-order valence-electron chi connectivity index (χ2n) is 6.35. The van der Waals surface area contributed by atoms with Gasteiger partial charge in [0.05, 0.1) is 0 Å². The summed E-state index contributed by atoms with van der Waals surface area (Å²) in [6.07, 6.45) is 17.3. The van der Waals surface area contributed by atoms with E-state index in [-0.39, 0.29) is 0 Å². The third-order valence-corrected chi connectivity index (χ3v) is 4.52. The van der Waals surface area contributed by atoms with Crippen LogP contribution in [0.2, 0.25) is 0 Å². The number of hydrogen-bond donors (Lipinski definition) is 0. The van der Waals surface area contributed by atoms with Crippen LogP contribution in [0.15, 0.2) is 48.1 Å². The molecule has 1 heteroatoms. The van der Waals surface area contributed by atoms with Gasteiger partial charge in [0.2, 0.25) is 0 Å². The highest BCUT2D eigenvalue weighted by Gasteiger charge is 2.28. The Hall–Kier alpha value is -1.08. The average molecular weight is 271 g/mol. The van der Waals surface area contributed by atoms with E-state index in [0.717, 1.165) is 18.9 Å². The molecule has 2 rings (SSSR count). The first-order chi connectivity index (χ1) is 9.70. The van der Waals surface area contributed by atoms with E-state index < -0.39 is 0 Å². The summed E-state index contributed by atoms with van der Waals surface area (Å²) in [5.41, 5.74) is 2.98. The Morgan fingerprint density at radius 3 is 3.05 bits per heavy atom. The molecule has 2 atom stereocenters. The number of hydrogen-bond acceptors (Lipinski definition) is 1. The van der Waals surface area contributed by atoms with Gasteiger partial charge in [-0.1, -0.05) is 55.0 Å². The minimum Gasteiger partial charge on any atom is -0.293 e. The molecule has 0 saturated carbocycles. The van der Waals surface area contributed by atoms with Crippen molar-refractivity contribution < 1.29 is 0 Å². The minimum absolute atomic E-state index is 0.644. The normalized spacial score (nSPS) is 27.8. The van der Waals surface area contributed by atoms with Crippen molar-refractivity contribution in [2.24, 2.45) is 5.92 Å². The molecule has 0 aromatic carbocycles. The second kappa shape index (κ2) is 7.64. The van der Waals surface area contributed by atoms with Crippen LogP contribution in [-0.2, 0) is 0 Å². The molecule has 2 unspecified atom stereocenters. The van der Waals surface area contributed by atoms with Gasteiger partial charge in [0.1, 0.15) is 0 Å². The molecule has 2 aliphatic rings. The van der Waals surface area contributed by atoms with Crippen LogP contribution in [0, 0.1) is 5.92 Å². The van der Waals surface area contributed by atoms with Gasteiger partial charge in [-0.05, 0) is 51.5 Å². The molecule has 110 valence electrons. The number of piperidine rings is 1. The van der Waals surface area contributed by atoms with Crippen LogP contribution < -0.4 is 0 Å². The molecule has 0 bridgehead atoms. The van der Waals surface area contributed by atoms with Crippen molar-refractivity contribution in [2.45, 2.75) is 52.0 Å². The third-order valence-electron chi connectivity index (χ3n) is 4.52. The van der Waals surface area contributed by atoms with E-state index in [2.05, 4.69) is 55.7 Å². The van der Waals surface area contributed by atoms with Crippen LogP contribution in [0.25, 0.3) is 0 Å². The van der Waals surface area contributed by atoms with Gasteiger partial charge in [0.15, 0.2) is 0 Å². The van der Waals surface area contributed by atoms with E-state index in [4.69, 9.17) is 0 Å². The van der Waals surface area contributed by atoms with Crippen molar-refractivity contribution >= 4 is 0 Å². The Balaban J connectivity index is 2.02. The number of allylic oxidation sites excluding steroid dienone is 5. The van der Waals surface area contributed by atoms with E-state index in [1.165, 1.54) is 37.8 Å². The van der Waals surface area contributed by atoms with E-state index in [0.29, 0.717) is 6.04 Å². The summed E-state index contributed by atoms with van der Waals surface area (Å²) in [6, 6.07) is 0.644. The number of rotatable bonds is 5. The molecule has 1 saturated heterocycles. The molecular formula is C19H29N. The van der Waals surface area contributed by atoms with Crippen LogP contribution in [0.3, 0.4) is 0 Å². The first kappa shape index (κ1) is 15.3. The van der Waals surface area contributed by atoms with Gasteiger partial charge < -0.3 is 0 Å². The lowest BCUT2D eigenvalue weighted by atomic mass is 9.85. The van der Waals surface area contributed by atoms with Crippen LogP contribution in [-0.4, -0.2) is 24.0 Å². The Kier molecular flexibility index (Phi) is 5.85. The first-order valence-electron chi connectivity index (χ1n) is 8.08. The Morgan fingerprint density at radius 2 is 2.35 bits per heavy atom. The average Bonchev–Trinajstić information content (AvgIpc) is 2.48. The van der Waals surface area contributed by atoms with E-state index in [1.807, 2.05) is 0 Å². The lowest BCUT2D eigenvalue weighted by Crippen LogP contribution is -2.44. The second-order valence-corrected chi connectivity index (χ2v) is 6.35. The summed E-state index contributed by atoms with van der Waals surface area (Å²) in [7, 11) is 0. The highest BCUT2D eigenvalue weighted by atomic mass is 15.2. The van der Waals surface area contributed by atoms with Crippen molar-refractivity contribution in [3.63, 3.8) is 0 Å². The molecule has 0 N–H and O–H groups in total. The van der Waals surface area contributed by atoms with Gasteiger partial charge in [0, 0.05) is 12.6 Å². The fraction of sp³-hybridized carbons (Fsp3) is 0.579. The third kappa shape index (κ3) is 4.21. The molecular weight excluding hydrogens is 242 g/mol. The number of likely N-dealkylation sites (tertiary alicyclic amines) is 1. The van der Waals surface area contributed by atoms with Crippen LogP contribution in [0.4, 0.5) is 0 Å². The molecule has 0 radical (unpaired) electrons. The summed E-state index contributed by atoms with van der Waals surface area (Å²) in [5.74, 6) is 0.854. The predicted octanol–water partition coefficient (Wildman–Crippen LogP) is 4.89. The Labute approximate surface area is 124 Å². The van der Waals surface area contributed by atoms with Crippen molar-refractivity contribution in [2.75, 3.05) is 13.1 Å². The molecule has 20 heavy (non-hydrogen) atoms. The summed E-state index contributed by atoms with van der Waals surface area (Å²) in [6.45, 7) is 11.0. The van der Waals surface area contributed by atoms with Gasteiger partial charge in [-0.25, -0.2) is 0 Å². The molecule has 1 fully saturated rings. The zero-order chi connectivity index (χ0) is 14.4. The number of nitrogens with zero attached hydrogens (tertiary/aromatic N) is 1. The maximum Gasteiger partial charge on any atom is 0.0316 e. The molecule has 0 spiro atoms. The quantitative estimate of drug-likeness (QED) is 0.644. The first-order valence-corrected chi connectivity index (χ1v) is 8.08. The highest BCUT2D eigenvalue weighted by Crippen LogP contribution is 2.31. The van der Waals surface area contributed by atoms with Gasteiger partial charge in [0.25, 0.3) is 0 Å². The fourth-order valence-electron chi connectivity index (χ4n) is 3.30. The smallest absolute Gasteiger partial charge is 0.0316 e. The zero-order valence-electron chi connectivity index (χ0n) is 13.1. The summed E-state index contributed by atoms with van der Waals surface area (Å²) in [4.78, 5) is 2.66. The molecule has 1 aliphatic heterocycles. The van der Waals surface area contributed by atoms with Crippen molar-refractivity contribution in [3.8, 4) is 0 Å². The van der Waals surface area contributed by atoms with Crippen LogP contribution in [0.1, 0.15) is 46.0 Å². The van der Waals surface area contributed by atoms with Gasteiger partial charge in [-0.3, -0.25) is 4.90 Å². The summed E-state index contributed by atoms with van der Waals surface area (Å²) in [5, 5.41) is 0. The Bertz CT molecular complexity index is 413. The minimum atomic E-state index is 0.644. The van der Waals surface area contributed by atoms with Crippen molar-refractivity contribution in [1.82, 2.24) is 4.90 Å². The van der Waals surface area contributed by atoms with Crippen molar-refractivity contribution in [1.29, 1.82) is 0 Å². The largest absolute Gasteiger partial charge is 0.293 e. The van der Waals surface area contributed by atoms with Crippen LogP contribution in [0.5, 0.6) is 0 Å². The SMILES string of the molecule is C=C(C/C=C\C)CN1CCC(C)CC1C1=CC=CCC1. The van der Waals surface area contributed by atoms with E-state index in [1.54, 1.807) is 5.57 Å². The fourth-order valence-corrected chi connectivity index (χ4v) is 3.30. The lowest BCUT2D eigenvalue weighted by Gasteiger charge is -2.40. The Morgan fingerprint density at radius 1 is 1.50 bits per heavy atom. The predicted molar refractivity (Wildman–Crippen MR) is 88.8 cm³/mol. The van der Waals surface area contributed by atoms with Crippen LogP contribution >= 0.6 is 0 Å². The molecule has 0 amide bonds. The molecule has 1 heterocycles. The van der Waals surface area contributed by atoms with Gasteiger partial charge in [-0.15, -0.1) is 0 Å². The summed E-state index contributed by atoms with van der Waals surface area (Å²) >= 11 is 0. The topological polar surface area (TPSA) is 3.24 Å². The maximum atomic E-state index is 4.26. The van der Waals surface area contributed by atoms with Gasteiger partial charge in [-0.2, -0.15) is 0 Å². The molecule has 1 aliphatic carbocycles. The van der Waals surface area contributed by atoms with E-state index >= 15 is 0 Å². The highest BCUT2D eigenvalue weighted by molar-refractivity contribution is 5.24.